The lowest BCUT2D eigenvalue weighted by Crippen LogP contribution is -2.43. The molecule has 3 rings (SSSR count). The van der Waals surface area contributed by atoms with Gasteiger partial charge in [0, 0.05) is 12.3 Å². The predicted molar refractivity (Wildman–Crippen MR) is 96.8 cm³/mol. The lowest BCUT2D eigenvalue weighted by atomic mass is 10.0. The van der Waals surface area contributed by atoms with Gasteiger partial charge in [0.15, 0.2) is 0 Å². The molecule has 0 saturated carbocycles. The fourth-order valence-corrected chi connectivity index (χ4v) is 4.20. The van der Waals surface area contributed by atoms with Gasteiger partial charge < -0.3 is 10.4 Å². The summed E-state index contributed by atoms with van der Waals surface area (Å²) < 4.78 is 1.83. The number of benzene rings is 1. The third-order valence-corrected chi connectivity index (χ3v) is 5.50. The molecule has 2 N–H and O–H groups in total. The Morgan fingerprint density at radius 3 is 2.88 bits per heavy atom. The van der Waals surface area contributed by atoms with Crippen LogP contribution in [-0.2, 0) is 6.42 Å². The van der Waals surface area contributed by atoms with Crippen LogP contribution in [-0.4, -0.2) is 44.4 Å². The number of carbonyl (C=O) groups is 1. The van der Waals surface area contributed by atoms with Crippen LogP contribution in [0.2, 0.25) is 0 Å². The Labute approximate surface area is 146 Å². The van der Waals surface area contributed by atoms with E-state index < -0.39 is 5.60 Å². The van der Waals surface area contributed by atoms with Gasteiger partial charge in [-0.1, -0.05) is 31.5 Å². The Bertz CT molecular complexity index is 694. The number of para-hydroxylation sites is 1. The molecule has 1 fully saturated rings. The standard InChI is InChI=1S/C18H23N3O2S/c1-2-6-16-15(11-20-21(16)14-7-4-3-5-8-14)17(22)19-12-18(23)9-10-24-13-18/h3-5,7-8,11,23H,2,6,9-10,12-13H2,1H3,(H,19,22)/t18-/m1/s1. The van der Waals surface area contributed by atoms with Gasteiger partial charge in [0.2, 0.25) is 0 Å². The third-order valence-electron chi connectivity index (χ3n) is 4.26. The molecule has 5 nitrogen and oxygen atoms in total. The average molecular weight is 345 g/mol. The zero-order valence-corrected chi connectivity index (χ0v) is 14.7. The van der Waals surface area contributed by atoms with E-state index in [1.807, 2.05) is 35.0 Å². The van der Waals surface area contributed by atoms with Gasteiger partial charge in [-0.25, -0.2) is 4.68 Å². The van der Waals surface area contributed by atoms with E-state index in [1.54, 1.807) is 18.0 Å². The van der Waals surface area contributed by atoms with E-state index in [2.05, 4.69) is 17.3 Å². The number of aliphatic hydroxyl groups is 1. The normalized spacial score (nSPS) is 20.2. The Kier molecular flexibility index (Phi) is 5.26. The maximum Gasteiger partial charge on any atom is 0.254 e. The maximum atomic E-state index is 12.6. The van der Waals surface area contributed by atoms with Crippen molar-refractivity contribution in [3.05, 3.63) is 47.8 Å². The fraction of sp³-hybridized carbons (Fsp3) is 0.444. The van der Waals surface area contributed by atoms with Crippen LogP contribution in [0.15, 0.2) is 36.5 Å². The fourth-order valence-electron chi connectivity index (χ4n) is 2.91. The van der Waals surface area contributed by atoms with Crippen molar-refractivity contribution in [3.63, 3.8) is 0 Å². The molecule has 1 aliphatic heterocycles. The van der Waals surface area contributed by atoms with Gasteiger partial charge in [0.25, 0.3) is 5.91 Å². The number of amides is 1. The highest BCUT2D eigenvalue weighted by Gasteiger charge is 2.32. The first-order valence-corrected chi connectivity index (χ1v) is 9.49. The van der Waals surface area contributed by atoms with Gasteiger partial charge in [-0.2, -0.15) is 16.9 Å². The van der Waals surface area contributed by atoms with Crippen LogP contribution >= 0.6 is 11.8 Å². The van der Waals surface area contributed by atoms with E-state index in [9.17, 15) is 9.90 Å². The molecule has 2 heterocycles. The van der Waals surface area contributed by atoms with Gasteiger partial charge >= 0.3 is 0 Å². The molecule has 1 amide bonds. The van der Waals surface area contributed by atoms with Crippen molar-refractivity contribution in [2.24, 2.45) is 0 Å². The van der Waals surface area contributed by atoms with E-state index in [4.69, 9.17) is 0 Å². The highest BCUT2D eigenvalue weighted by atomic mass is 32.2. The molecule has 0 spiro atoms. The number of hydrogen-bond acceptors (Lipinski definition) is 4. The SMILES string of the molecule is CCCc1c(C(=O)NC[C@]2(O)CCSC2)cnn1-c1ccccc1. The summed E-state index contributed by atoms with van der Waals surface area (Å²) in [5.41, 5.74) is 1.68. The quantitative estimate of drug-likeness (QED) is 0.844. The summed E-state index contributed by atoms with van der Waals surface area (Å²) in [6.45, 7) is 2.38. The van der Waals surface area contributed by atoms with Crippen molar-refractivity contribution >= 4 is 17.7 Å². The lowest BCUT2D eigenvalue weighted by Gasteiger charge is -2.21. The topological polar surface area (TPSA) is 67.2 Å². The zero-order chi connectivity index (χ0) is 17.0. The summed E-state index contributed by atoms with van der Waals surface area (Å²) >= 11 is 1.72. The first-order valence-electron chi connectivity index (χ1n) is 8.33. The first-order chi connectivity index (χ1) is 11.6. The van der Waals surface area contributed by atoms with Crippen LogP contribution in [0.4, 0.5) is 0 Å². The smallest absolute Gasteiger partial charge is 0.254 e. The van der Waals surface area contributed by atoms with E-state index in [-0.39, 0.29) is 5.91 Å². The summed E-state index contributed by atoms with van der Waals surface area (Å²) in [4.78, 5) is 12.6. The van der Waals surface area contributed by atoms with Gasteiger partial charge in [-0.3, -0.25) is 4.79 Å². The van der Waals surface area contributed by atoms with Crippen molar-refractivity contribution < 1.29 is 9.90 Å². The zero-order valence-electron chi connectivity index (χ0n) is 13.9. The van der Waals surface area contributed by atoms with E-state index in [0.717, 1.165) is 36.4 Å². The number of rotatable bonds is 6. The Balaban J connectivity index is 1.79. The third kappa shape index (κ3) is 3.65. The first kappa shape index (κ1) is 17.0. The second kappa shape index (κ2) is 7.40. The number of hydrogen-bond donors (Lipinski definition) is 2. The van der Waals surface area contributed by atoms with Gasteiger partial charge in [-0.15, -0.1) is 0 Å². The Morgan fingerprint density at radius 1 is 1.42 bits per heavy atom. The molecule has 0 radical (unpaired) electrons. The summed E-state index contributed by atoms with van der Waals surface area (Å²) in [5, 5.41) is 17.7. The average Bonchev–Trinajstić information content (AvgIpc) is 3.21. The summed E-state index contributed by atoms with van der Waals surface area (Å²) in [7, 11) is 0. The molecule has 2 aromatic rings. The molecule has 1 atom stereocenters. The van der Waals surface area contributed by atoms with Gasteiger partial charge in [-0.05, 0) is 30.7 Å². The van der Waals surface area contributed by atoms with Crippen molar-refractivity contribution in [1.29, 1.82) is 0 Å². The molecule has 6 heteroatoms. The van der Waals surface area contributed by atoms with Crippen LogP contribution in [0.25, 0.3) is 5.69 Å². The molecule has 1 aromatic heterocycles. The van der Waals surface area contributed by atoms with Gasteiger partial charge in [0.05, 0.1) is 28.7 Å². The highest BCUT2D eigenvalue weighted by Crippen LogP contribution is 2.27. The molecular weight excluding hydrogens is 322 g/mol. The molecule has 1 saturated heterocycles. The minimum absolute atomic E-state index is 0.161. The second-order valence-electron chi connectivity index (χ2n) is 6.21. The lowest BCUT2D eigenvalue weighted by molar-refractivity contribution is 0.0612. The second-order valence-corrected chi connectivity index (χ2v) is 7.32. The van der Waals surface area contributed by atoms with Crippen molar-refractivity contribution in [1.82, 2.24) is 15.1 Å². The maximum absolute atomic E-state index is 12.6. The van der Waals surface area contributed by atoms with Gasteiger partial charge in [0.1, 0.15) is 0 Å². The van der Waals surface area contributed by atoms with Crippen LogP contribution in [0.1, 0.15) is 35.8 Å². The minimum atomic E-state index is -0.777. The van der Waals surface area contributed by atoms with Crippen molar-refractivity contribution in [2.45, 2.75) is 31.8 Å². The van der Waals surface area contributed by atoms with E-state index in [1.165, 1.54) is 0 Å². The van der Waals surface area contributed by atoms with Crippen LogP contribution < -0.4 is 5.32 Å². The predicted octanol–water partition coefficient (Wildman–Crippen LogP) is 2.42. The molecule has 0 bridgehead atoms. The number of thioether (sulfide) groups is 1. The highest BCUT2D eigenvalue weighted by molar-refractivity contribution is 7.99. The number of carbonyl (C=O) groups excluding carboxylic acids is 1. The van der Waals surface area contributed by atoms with Crippen LogP contribution in [0, 0.1) is 0 Å². The number of nitrogens with zero attached hydrogens (tertiary/aromatic N) is 2. The molecular formula is C18H23N3O2S. The van der Waals surface area contributed by atoms with E-state index in [0.29, 0.717) is 17.9 Å². The van der Waals surface area contributed by atoms with Crippen molar-refractivity contribution in [3.8, 4) is 5.69 Å². The van der Waals surface area contributed by atoms with Crippen LogP contribution in [0.3, 0.4) is 0 Å². The molecule has 1 aliphatic rings. The summed E-state index contributed by atoms with van der Waals surface area (Å²) in [6, 6.07) is 9.83. The number of nitrogens with one attached hydrogen (secondary N) is 1. The Morgan fingerprint density at radius 2 is 2.21 bits per heavy atom. The molecule has 0 unspecified atom stereocenters. The number of aromatic nitrogens is 2. The minimum Gasteiger partial charge on any atom is -0.387 e. The molecule has 1 aromatic carbocycles. The van der Waals surface area contributed by atoms with Crippen molar-refractivity contribution in [2.75, 3.05) is 18.1 Å². The molecule has 0 aliphatic carbocycles. The van der Waals surface area contributed by atoms with E-state index >= 15 is 0 Å². The Hall–Kier alpha value is -1.79. The molecule has 128 valence electrons. The van der Waals surface area contributed by atoms with Crippen LogP contribution in [0.5, 0.6) is 0 Å². The molecule has 24 heavy (non-hydrogen) atoms. The largest absolute Gasteiger partial charge is 0.387 e. The monoisotopic (exact) mass is 345 g/mol. The summed E-state index contributed by atoms with van der Waals surface area (Å²) in [5.74, 6) is 1.46. The summed E-state index contributed by atoms with van der Waals surface area (Å²) in [6.07, 6.45) is 4.06.